The summed E-state index contributed by atoms with van der Waals surface area (Å²) in [6.07, 6.45) is 0. The van der Waals surface area contributed by atoms with Gasteiger partial charge in [-0.2, -0.15) is 0 Å². The van der Waals surface area contributed by atoms with Crippen LogP contribution in [0.1, 0.15) is 15.9 Å². The summed E-state index contributed by atoms with van der Waals surface area (Å²) in [6.45, 7) is 4.93. The average Bonchev–Trinajstić information content (AvgIpc) is 2.96. The first-order valence-electron chi connectivity index (χ1n) is 12.4. The molecule has 13 heteroatoms. The van der Waals surface area contributed by atoms with E-state index in [1.807, 2.05) is 0 Å². The lowest BCUT2D eigenvalue weighted by atomic mass is 10.1. The monoisotopic (exact) mass is 536 g/mol. The highest BCUT2D eigenvalue weighted by molar-refractivity contribution is 5.94. The van der Waals surface area contributed by atoms with Crippen LogP contribution in [0.4, 0.5) is 8.78 Å². The SMILES string of the molecule is Cn1c(=O)c2nc(-c3ccc(C(=O)NCCN4CCNCC4)cc3)nnc2n(Cc2ccc(F)c(F)c2)c1=O. The van der Waals surface area contributed by atoms with Crippen LogP contribution >= 0.6 is 0 Å². The Morgan fingerprint density at radius 2 is 1.77 bits per heavy atom. The first kappa shape index (κ1) is 26.3. The highest BCUT2D eigenvalue weighted by Crippen LogP contribution is 2.17. The molecule has 1 saturated heterocycles. The molecule has 5 rings (SSSR count). The number of piperazine rings is 1. The predicted octanol–water partition coefficient (Wildman–Crippen LogP) is 0.514. The Balaban J connectivity index is 1.37. The van der Waals surface area contributed by atoms with E-state index in [2.05, 4.69) is 30.7 Å². The molecule has 202 valence electrons. The van der Waals surface area contributed by atoms with Crippen molar-refractivity contribution in [2.45, 2.75) is 6.54 Å². The van der Waals surface area contributed by atoms with Gasteiger partial charge in [0.1, 0.15) is 0 Å². The minimum absolute atomic E-state index is 0.0860. The summed E-state index contributed by atoms with van der Waals surface area (Å²) in [6, 6.07) is 9.82. The van der Waals surface area contributed by atoms with Crippen LogP contribution in [0.25, 0.3) is 22.6 Å². The van der Waals surface area contributed by atoms with Crippen molar-refractivity contribution in [1.29, 1.82) is 0 Å². The maximum absolute atomic E-state index is 13.7. The Morgan fingerprint density at radius 3 is 2.49 bits per heavy atom. The zero-order valence-corrected chi connectivity index (χ0v) is 21.2. The smallest absolute Gasteiger partial charge is 0.332 e. The molecule has 2 N–H and O–H groups in total. The number of benzene rings is 2. The van der Waals surface area contributed by atoms with Crippen LogP contribution in [-0.2, 0) is 13.6 Å². The molecule has 1 fully saturated rings. The fraction of sp³-hybridized carbons (Fsp3) is 0.308. The third kappa shape index (κ3) is 5.59. The number of fused-ring (bicyclic) bond motifs is 1. The predicted molar refractivity (Wildman–Crippen MR) is 139 cm³/mol. The van der Waals surface area contributed by atoms with E-state index in [0.717, 1.165) is 54.0 Å². The van der Waals surface area contributed by atoms with E-state index in [-0.39, 0.29) is 29.4 Å². The van der Waals surface area contributed by atoms with Crippen LogP contribution in [0, 0.1) is 11.6 Å². The zero-order valence-electron chi connectivity index (χ0n) is 21.2. The number of amides is 1. The van der Waals surface area contributed by atoms with Crippen molar-refractivity contribution in [1.82, 2.24) is 39.8 Å². The van der Waals surface area contributed by atoms with Crippen molar-refractivity contribution in [3.05, 3.63) is 86.1 Å². The molecule has 0 atom stereocenters. The van der Waals surface area contributed by atoms with Gasteiger partial charge in [-0.15, -0.1) is 10.2 Å². The van der Waals surface area contributed by atoms with Gasteiger partial charge >= 0.3 is 5.69 Å². The first-order chi connectivity index (χ1) is 18.8. The quantitative estimate of drug-likeness (QED) is 0.350. The molecule has 0 aliphatic carbocycles. The van der Waals surface area contributed by atoms with Gasteiger partial charge < -0.3 is 10.6 Å². The van der Waals surface area contributed by atoms with Crippen LogP contribution in [-0.4, -0.2) is 74.4 Å². The number of nitrogens with one attached hydrogen (secondary N) is 2. The van der Waals surface area contributed by atoms with E-state index in [1.165, 1.54) is 13.1 Å². The summed E-state index contributed by atoms with van der Waals surface area (Å²) in [7, 11) is 1.29. The summed E-state index contributed by atoms with van der Waals surface area (Å²) in [5, 5.41) is 14.4. The van der Waals surface area contributed by atoms with Crippen LogP contribution in [0.3, 0.4) is 0 Å². The first-order valence-corrected chi connectivity index (χ1v) is 12.4. The van der Waals surface area contributed by atoms with Crippen LogP contribution in [0.2, 0.25) is 0 Å². The molecule has 2 aromatic carbocycles. The Morgan fingerprint density at radius 1 is 1.03 bits per heavy atom. The summed E-state index contributed by atoms with van der Waals surface area (Å²) >= 11 is 0. The van der Waals surface area contributed by atoms with Gasteiger partial charge in [-0.05, 0) is 29.8 Å². The number of aromatic nitrogens is 5. The van der Waals surface area contributed by atoms with E-state index in [9.17, 15) is 23.2 Å². The largest absolute Gasteiger partial charge is 0.351 e. The Labute approximate surface area is 221 Å². The maximum Gasteiger partial charge on any atom is 0.332 e. The second kappa shape index (κ2) is 11.2. The Kier molecular flexibility index (Phi) is 7.52. The normalized spacial score (nSPS) is 14.0. The fourth-order valence-corrected chi connectivity index (χ4v) is 4.38. The molecule has 1 amide bonds. The van der Waals surface area contributed by atoms with Gasteiger partial charge in [-0.1, -0.05) is 18.2 Å². The lowest BCUT2D eigenvalue weighted by molar-refractivity contribution is 0.0947. The molecular weight excluding hydrogens is 510 g/mol. The van der Waals surface area contributed by atoms with Gasteiger partial charge in [0.25, 0.3) is 11.5 Å². The van der Waals surface area contributed by atoms with E-state index < -0.39 is 22.9 Å². The molecular formula is C26H26F2N8O3. The topological polar surface area (TPSA) is 127 Å². The van der Waals surface area contributed by atoms with Gasteiger partial charge in [0, 0.05) is 57.4 Å². The van der Waals surface area contributed by atoms with Crippen molar-refractivity contribution < 1.29 is 13.6 Å². The lowest BCUT2D eigenvalue weighted by Crippen LogP contribution is -2.46. The molecule has 0 saturated carbocycles. The molecule has 1 aliphatic rings. The summed E-state index contributed by atoms with van der Waals surface area (Å²) < 4.78 is 29.0. The van der Waals surface area contributed by atoms with Crippen molar-refractivity contribution in [3.63, 3.8) is 0 Å². The molecule has 0 radical (unpaired) electrons. The molecule has 0 spiro atoms. The standard InChI is InChI=1S/C26H26F2N8O3/c1-34-25(38)21-23(36(26(34)39)15-16-2-7-19(27)20(28)14-16)33-32-22(31-21)17-3-5-18(6-4-17)24(37)30-10-13-35-11-8-29-9-12-35/h2-7,14,29H,8-13,15H2,1H3,(H,30,37). The molecule has 11 nitrogen and oxygen atoms in total. The molecule has 4 aromatic rings. The summed E-state index contributed by atoms with van der Waals surface area (Å²) in [5.41, 5.74) is -0.298. The van der Waals surface area contributed by atoms with E-state index in [1.54, 1.807) is 24.3 Å². The molecule has 2 aromatic heterocycles. The fourth-order valence-electron chi connectivity index (χ4n) is 4.38. The van der Waals surface area contributed by atoms with Crippen LogP contribution in [0.5, 0.6) is 0 Å². The number of carbonyl (C=O) groups excluding carboxylic acids is 1. The van der Waals surface area contributed by atoms with Gasteiger partial charge in [-0.3, -0.25) is 23.6 Å². The van der Waals surface area contributed by atoms with E-state index >= 15 is 0 Å². The minimum Gasteiger partial charge on any atom is -0.351 e. The molecule has 0 unspecified atom stereocenters. The van der Waals surface area contributed by atoms with Gasteiger partial charge in [-0.25, -0.2) is 18.6 Å². The molecule has 0 bridgehead atoms. The molecule has 1 aliphatic heterocycles. The maximum atomic E-state index is 13.7. The number of hydrogen-bond donors (Lipinski definition) is 2. The second-order valence-corrected chi connectivity index (χ2v) is 9.21. The highest BCUT2D eigenvalue weighted by atomic mass is 19.2. The number of rotatable bonds is 7. The third-order valence-electron chi connectivity index (χ3n) is 6.60. The number of halogens is 2. The van der Waals surface area contributed by atoms with Crippen LogP contribution < -0.4 is 21.9 Å². The minimum atomic E-state index is -1.06. The van der Waals surface area contributed by atoms with Crippen molar-refractivity contribution in [2.24, 2.45) is 7.05 Å². The number of carbonyl (C=O) groups is 1. The van der Waals surface area contributed by atoms with Crippen molar-refractivity contribution in [2.75, 3.05) is 39.3 Å². The summed E-state index contributed by atoms with van der Waals surface area (Å²) in [5.74, 6) is -2.15. The van der Waals surface area contributed by atoms with Crippen molar-refractivity contribution in [3.8, 4) is 11.4 Å². The Bertz CT molecular complexity index is 1650. The number of hydrogen-bond acceptors (Lipinski definition) is 8. The summed E-state index contributed by atoms with van der Waals surface area (Å²) in [4.78, 5) is 44.8. The van der Waals surface area contributed by atoms with E-state index in [0.29, 0.717) is 23.2 Å². The molecule has 39 heavy (non-hydrogen) atoms. The van der Waals surface area contributed by atoms with Gasteiger partial charge in [0.05, 0.1) is 6.54 Å². The lowest BCUT2D eigenvalue weighted by Gasteiger charge is -2.27. The third-order valence-corrected chi connectivity index (χ3v) is 6.60. The van der Waals surface area contributed by atoms with Gasteiger partial charge in [0.2, 0.25) is 0 Å². The van der Waals surface area contributed by atoms with Crippen molar-refractivity contribution >= 4 is 17.1 Å². The van der Waals surface area contributed by atoms with Crippen LogP contribution in [0.15, 0.2) is 52.1 Å². The average molecular weight is 537 g/mol. The van der Waals surface area contributed by atoms with E-state index in [4.69, 9.17) is 0 Å². The zero-order chi connectivity index (χ0) is 27.5. The number of nitrogens with zero attached hydrogens (tertiary/aromatic N) is 6. The second-order valence-electron chi connectivity index (χ2n) is 9.21. The molecule has 3 heterocycles. The highest BCUT2D eigenvalue weighted by Gasteiger charge is 2.17. The van der Waals surface area contributed by atoms with Gasteiger partial charge in [0.15, 0.2) is 28.6 Å². The Hall–Kier alpha value is -4.36.